The van der Waals surface area contributed by atoms with Crippen LogP contribution in [0.2, 0.25) is 0 Å². The van der Waals surface area contributed by atoms with Gasteiger partial charge in [-0.2, -0.15) is 0 Å². The number of allylic oxidation sites excluding steroid dienone is 1. The summed E-state index contributed by atoms with van der Waals surface area (Å²) in [6.45, 7) is 9.25. The molecule has 0 saturated heterocycles. The molecular formula is C17H23N3O. The van der Waals surface area contributed by atoms with Crippen LogP contribution in [0.5, 0.6) is 5.75 Å². The van der Waals surface area contributed by atoms with E-state index in [0.29, 0.717) is 19.0 Å². The van der Waals surface area contributed by atoms with E-state index >= 15 is 0 Å². The third-order valence-electron chi connectivity index (χ3n) is 3.31. The maximum absolute atomic E-state index is 6.27. The zero-order chi connectivity index (χ0) is 15.2. The van der Waals surface area contributed by atoms with Gasteiger partial charge in [0.1, 0.15) is 23.1 Å². The fourth-order valence-corrected chi connectivity index (χ4v) is 2.35. The molecule has 1 aromatic carbocycles. The Hall–Kier alpha value is -2.23. The largest absolute Gasteiger partial charge is 0.494 e. The van der Waals surface area contributed by atoms with Gasteiger partial charge in [0.05, 0.1) is 6.61 Å². The number of anilines is 1. The highest BCUT2D eigenvalue weighted by Gasteiger charge is 2.14. The second kappa shape index (κ2) is 6.97. The van der Waals surface area contributed by atoms with Crippen molar-refractivity contribution in [3.8, 4) is 17.0 Å². The third kappa shape index (κ3) is 3.27. The van der Waals surface area contributed by atoms with Gasteiger partial charge in [0.25, 0.3) is 0 Å². The van der Waals surface area contributed by atoms with Gasteiger partial charge in [-0.1, -0.05) is 13.0 Å². The first-order chi connectivity index (χ1) is 10.2. The Morgan fingerprint density at radius 2 is 2.00 bits per heavy atom. The number of benzene rings is 1. The predicted molar refractivity (Wildman–Crippen MR) is 87.4 cm³/mol. The summed E-state index contributed by atoms with van der Waals surface area (Å²) in [7, 11) is 0. The predicted octanol–water partition coefficient (Wildman–Crippen LogP) is 3.67. The van der Waals surface area contributed by atoms with Crippen molar-refractivity contribution in [2.75, 3.05) is 12.3 Å². The molecule has 0 saturated carbocycles. The Bertz CT molecular complexity index is 599. The van der Waals surface area contributed by atoms with Gasteiger partial charge in [0.15, 0.2) is 0 Å². The van der Waals surface area contributed by atoms with Crippen molar-refractivity contribution in [3.05, 3.63) is 42.7 Å². The summed E-state index contributed by atoms with van der Waals surface area (Å²) in [5.74, 6) is 2.57. The second-order valence-electron chi connectivity index (χ2n) is 4.87. The maximum Gasteiger partial charge on any atom is 0.132 e. The maximum atomic E-state index is 6.27. The number of nitrogens with two attached hydrogens (primary N) is 1. The summed E-state index contributed by atoms with van der Waals surface area (Å²) in [4.78, 5) is 4.71. The van der Waals surface area contributed by atoms with Gasteiger partial charge in [0.2, 0.25) is 0 Å². The van der Waals surface area contributed by atoms with Gasteiger partial charge in [-0.05, 0) is 37.6 Å². The van der Waals surface area contributed by atoms with Gasteiger partial charge < -0.3 is 15.0 Å². The molecule has 0 spiro atoms. The van der Waals surface area contributed by atoms with E-state index < -0.39 is 0 Å². The summed E-state index contributed by atoms with van der Waals surface area (Å²) in [5, 5.41) is 0. The minimum atomic E-state index is 0.663. The number of aromatic nitrogens is 2. The summed E-state index contributed by atoms with van der Waals surface area (Å²) in [6.07, 6.45) is 3.80. The molecule has 0 atom stereocenters. The summed E-state index contributed by atoms with van der Waals surface area (Å²) >= 11 is 0. The lowest BCUT2D eigenvalue weighted by Crippen LogP contribution is -2.05. The van der Waals surface area contributed by atoms with Crippen molar-refractivity contribution in [2.24, 2.45) is 0 Å². The van der Waals surface area contributed by atoms with Gasteiger partial charge in [-0.25, -0.2) is 4.98 Å². The highest BCUT2D eigenvalue weighted by molar-refractivity contribution is 5.71. The van der Waals surface area contributed by atoms with Crippen molar-refractivity contribution in [3.63, 3.8) is 0 Å². The highest BCUT2D eigenvalue weighted by Crippen LogP contribution is 2.28. The molecule has 0 bridgehead atoms. The minimum Gasteiger partial charge on any atom is -0.494 e. The van der Waals surface area contributed by atoms with Gasteiger partial charge in [-0.3, -0.25) is 0 Å². The topological polar surface area (TPSA) is 53.1 Å². The highest BCUT2D eigenvalue weighted by atomic mass is 16.5. The number of nitrogen functional groups attached to an aromatic ring is 1. The monoisotopic (exact) mass is 285 g/mol. The number of aryl methyl sites for hydroxylation is 1. The number of hydrogen-bond donors (Lipinski definition) is 1. The average Bonchev–Trinajstić information content (AvgIpc) is 2.79. The Balaban J connectivity index is 2.38. The molecule has 1 heterocycles. The fraction of sp³-hybridized carbons (Fsp3) is 0.353. The Labute approximate surface area is 126 Å². The van der Waals surface area contributed by atoms with Gasteiger partial charge >= 0.3 is 0 Å². The first kappa shape index (κ1) is 15.2. The van der Waals surface area contributed by atoms with E-state index in [1.165, 1.54) is 0 Å². The number of ether oxygens (including phenoxy) is 1. The number of nitrogens with zero attached hydrogens (tertiary/aromatic N) is 2. The van der Waals surface area contributed by atoms with E-state index in [1.807, 2.05) is 41.8 Å². The standard InChI is InChI=1S/C17H23N3O/c1-4-7-15-19-16(17(18)20(15)12-5-2)13-8-10-14(11-9-13)21-6-3/h5,8-11H,2,4,6-7,12,18H2,1,3H3. The van der Waals surface area contributed by atoms with E-state index in [1.54, 1.807) is 0 Å². The van der Waals surface area contributed by atoms with Gasteiger partial charge in [0, 0.05) is 18.5 Å². The van der Waals surface area contributed by atoms with Crippen LogP contribution in [0.1, 0.15) is 26.1 Å². The second-order valence-corrected chi connectivity index (χ2v) is 4.87. The molecule has 0 unspecified atom stereocenters. The van der Waals surface area contributed by atoms with E-state index in [4.69, 9.17) is 15.5 Å². The normalized spacial score (nSPS) is 10.6. The molecule has 1 aromatic heterocycles. The number of imidazole rings is 1. The summed E-state index contributed by atoms with van der Waals surface area (Å²) < 4.78 is 7.49. The molecule has 0 aliphatic carbocycles. The molecule has 0 aliphatic heterocycles. The van der Waals surface area contributed by atoms with Crippen LogP contribution >= 0.6 is 0 Å². The van der Waals surface area contributed by atoms with Crippen LogP contribution in [0.15, 0.2) is 36.9 Å². The Morgan fingerprint density at radius 1 is 1.29 bits per heavy atom. The molecule has 2 N–H and O–H groups in total. The molecule has 112 valence electrons. The lowest BCUT2D eigenvalue weighted by Gasteiger charge is -2.06. The van der Waals surface area contributed by atoms with E-state index in [-0.39, 0.29) is 0 Å². The third-order valence-corrected chi connectivity index (χ3v) is 3.31. The molecular weight excluding hydrogens is 262 g/mol. The lowest BCUT2D eigenvalue weighted by atomic mass is 10.1. The number of rotatable bonds is 7. The van der Waals surface area contributed by atoms with Crippen LogP contribution in [0.25, 0.3) is 11.3 Å². The van der Waals surface area contributed by atoms with E-state index in [9.17, 15) is 0 Å². The van der Waals surface area contributed by atoms with Crippen LogP contribution in [-0.4, -0.2) is 16.2 Å². The fourth-order valence-electron chi connectivity index (χ4n) is 2.35. The van der Waals surface area contributed by atoms with Crippen molar-refractivity contribution >= 4 is 5.82 Å². The Morgan fingerprint density at radius 3 is 2.57 bits per heavy atom. The molecule has 0 fully saturated rings. The first-order valence-corrected chi connectivity index (χ1v) is 7.40. The van der Waals surface area contributed by atoms with Crippen molar-refractivity contribution in [1.29, 1.82) is 0 Å². The first-order valence-electron chi connectivity index (χ1n) is 7.40. The van der Waals surface area contributed by atoms with Crippen LogP contribution in [0, 0.1) is 0 Å². The SMILES string of the molecule is C=CCn1c(CCC)nc(-c2ccc(OCC)cc2)c1N. The Kier molecular flexibility index (Phi) is 5.04. The van der Waals surface area contributed by atoms with Crippen molar-refractivity contribution in [2.45, 2.75) is 33.2 Å². The average molecular weight is 285 g/mol. The summed E-state index contributed by atoms with van der Waals surface area (Å²) in [6, 6.07) is 7.89. The van der Waals surface area contributed by atoms with Crippen molar-refractivity contribution < 1.29 is 4.74 Å². The van der Waals surface area contributed by atoms with Gasteiger partial charge in [-0.15, -0.1) is 6.58 Å². The smallest absolute Gasteiger partial charge is 0.132 e. The van der Waals surface area contributed by atoms with E-state index in [2.05, 4.69) is 13.5 Å². The molecule has 0 amide bonds. The minimum absolute atomic E-state index is 0.663. The zero-order valence-electron chi connectivity index (χ0n) is 12.8. The van der Waals surface area contributed by atoms with Crippen LogP contribution in [0.4, 0.5) is 5.82 Å². The zero-order valence-corrected chi connectivity index (χ0v) is 12.8. The molecule has 0 radical (unpaired) electrons. The molecule has 4 heteroatoms. The molecule has 0 aliphatic rings. The van der Waals surface area contributed by atoms with Crippen LogP contribution in [-0.2, 0) is 13.0 Å². The van der Waals surface area contributed by atoms with Crippen LogP contribution in [0.3, 0.4) is 0 Å². The molecule has 2 rings (SSSR count). The quantitative estimate of drug-likeness (QED) is 0.790. The van der Waals surface area contributed by atoms with Crippen molar-refractivity contribution in [1.82, 2.24) is 9.55 Å². The summed E-state index contributed by atoms with van der Waals surface area (Å²) in [5.41, 5.74) is 8.12. The molecule has 21 heavy (non-hydrogen) atoms. The van der Waals surface area contributed by atoms with Crippen LogP contribution < -0.4 is 10.5 Å². The van der Waals surface area contributed by atoms with E-state index in [0.717, 1.165) is 35.7 Å². The number of hydrogen-bond acceptors (Lipinski definition) is 3. The molecule has 4 nitrogen and oxygen atoms in total. The molecule has 2 aromatic rings. The lowest BCUT2D eigenvalue weighted by molar-refractivity contribution is 0.340.